The molecule has 0 aromatic rings. The van der Waals surface area contributed by atoms with E-state index in [2.05, 4.69) is 0 Å². The van der Waals surface area contributed by atoms with E-state index in [1.54, 1.807) is 11.9 Å². The van der Waals surface area contributed by atoms with E-state index in [0.29, 0.717) is 31.0 Å². The normalized spacial score (nSPS) is 20.9. The predicted molar refractivity (Wildman–Crippen MR) is 72.8 cm³/mol. The highest BCUT2D eigenvalue weighted by Gasteiger charge is 2.19. The van der Waals surface area contributed by atoms with Crippen LogP contribution in [0.4, 0.5) is 0 Å². The maximum Gasteiger partial charge on any atom is 0.223 e. The van der Waals surface area contributed by atoms with Crippen molar-refractivity contribution >= 4 is 16.7 Å². The molecule has 1 fully saturated rings. The molecule has 0 bridgehead atoms. The van der Waals surface area contributed by atoms with Gasteiger partial charge in [0.1, 0.15) is 0 Å². The molecule has 6 heteroatoms. The highest BCUT2D eigenvalue weighted by atomic mass is 32.2. The van der Waals surface area contributed by atoms with E-state index in [1.165, 1.54) is 0 Å². The van der Waals surface area contributed by atoms with Gasteiger partial charge in [-0.15, -0.1) is 0 Å². The molecular formula is C12H24N2O3S. The molecule has 2 N–H and O–H groups in total. The number of nitrogens with two attached hydrogens (primary N) is 1. The number of hydrogen-bond donors (Lipinski definition) is 1. The van der Waals surface area contributed by atoms with Crippen LogP contribution in [0.2, 0.25) is 0 Å². The van der Waals surface area contributed by atoms with Crippen LogP contribution in [0.5, 0.6) is 0 Å². The summed E-state index contributed by atoms with van der Waals surface area (Å²) < 4.78 is 17.2. The smallest absolute Gasteiger partial charge is 0.223 e. The Balaban J connectivity index is 2.14. The Kier molecular flexibility index (Phi) is 7.46. The van der Waals surface area contributed by atoms with Gasteiger partial charge in [-0.1, -0.05) is 0 Å². The minimum Gasteiger partial charge on any atom is -0.377 e. The molecule has 2 unspecified atom stereocenters. The van der Waals surface area contributed by atoms with Gasteiger partial charge in [0.25, 0.3) is 0 Å². The zero-order valence-corrected chi connectivity index (χ0v) is 11.9. The summed E-state index contributed by atoms with van der Waals surface area (Å²) in [5, 5.41) is 0. The lowest BCUT2D eigenvalue weighted by Gasteiger charge is -2.16. The van der Waals surface area contributed by atoms with E-state index in [0.717, 1.165) is 25.9 Å². The molecule has 0 radical (unpaired) electrons. The van der Waals surface area contributed by atoms with E-state index in [9.17, 15) is 9.00 Å². The summed E-state index contributed by atoms with van der Waals surface area (Å²) in [4.78, 5) is 13.4. The van der Waals surface area contributed by atoms with Crippen molar-refractivity contribution in [2.75, 3.05) is 38.2 Å². The minimum absolute atomic E-state index is 0.0455. The van der Waals surface area contributed by atoms with Crippen LogP contribution >= 0.6 is 0 Å². The fourth-order valence-electron chi connectivity index (χ4n) is 1.91. The first kappa shape index (κ1) is 15.6. The number of amides is 1. The molecule has 1 rings (SSSR count). The third-order valence-corrected chi connectivity index (χ3v) is 4.47. The summed E-state index contributed by atoms with van der Waals surface area (Å²) in [6, 6.07) is 0. The summed E-state index contributed by atoms with van der Waals surface area (Å²) in [5.41, 5.74) is 5.39. The molecule has 1 saturated heterocycles. The van der Waals surface area contributed by atoms with Crippen molar-refractivity contribution in [2.24, 2.45) is 5.73 Å². The van der Waals surface area contributed by atoms with Gasteiger partial charge in [-0.2, -0.15) is 0 Å². The lowest BCUT2D eigenvalue weighted by molar-refractivity contribution is -0.129. The van der Waals surface area contributed by atoms with E-state index in [4.69, 9.17) is 10.5 Å². The summed E-state index contributed by atoms with van der Waals surface area (Å²) >= 11 is 0. The molecule has 1 heterocycles. The molecule has 0 spiro atoms. The number of ether oxygens (including phenoxy) is 1. The first-order chi connectivity index (χ1) is 8.63. The zero-order chi connectivity index (χ0) is 13.4. The minimum atomic E-state index is -0.950. The van der Waals surface area contributed by atoms with Gasteiger partial charge in [-0.3, -0.25) is 9.00 Å². The largest absolute Gasteiger partial charge is 0.377 e. The average Bonchev–Trinajstić information content (AvgIpc) is 2.85. The van der Waals surface area contributed by atoms with Gasteiger partial charge in [0.2, 0.25) is 5.91 Å². The molecule has 106 valence electrons. The van der Waals surface area contributed by atoms with Crippen molar-refractivity contribution in [3.8, 4) is 0 Å². The number of hydrogen-bond acceptors (Lipinski definition) is 4. The van der Waals surface area contributed by atoms with Crippen LogP contribution in [0.25, 0.3) is 0 Å². The van der Waals surface area contributed by atoms with Gasteiger partial charge in [-0.05, 0) is 25.8 Å². The van der Waals surface area contributed by atoms with Crippen molar-refractivity contribution < 1.29 is 13.7 Å². The molecule has 0 aromatic carbocycles. The van der Waals surface area contributed by atoms with Crippen molar-refractivity contribution in [1.82, 2.24) is 4.90 Å². The van der Waals surface area contributed by atoms with Crippen LogP contribution in [0, 0.1) is 0 Å². The summed E-state index contributed by atoms with van der Waals surface area (Å²) in [5.74, 6) is 1.05. The van der Waals surface area contributed by atoms with Gasteiger partial charge >= 0.3 is 0 Å². The average molecular weight is 276 g/mol. The zero-order valence-electron chi connectivity index (χ0n) is 11.1. The molecule has 5 nitrogen and oxygen atoms in total. The van der Waals surface area contributed by atoms with Gasteiger partial charge in [0.15, 0.2) is 0 Å². The molecular weight excluding hydrogens is 252 g/mol. The van der Waals surface area contributed by atoms with E-state index >= 15 is 0 Å². The van der Waals surface area contributed by atoms with Crippen LogP contribution in [0.3, 0.4) is 0 Å². The highest BCUT2D eigenvalue weighted by molar-refractivity contribution is 7.85. The monoisotopic (exact) mass is 276 g/mol. The Labute approximate surface area is 111 Å². The fraction of sp³-hybridized carbons (Fsp3) is 0.917. The first-order valence-electron chi connectivity index (χ1n) is 6.54. The predicted octanol–water partition coefficient (Wildman–Crippen LogP) is 0.111. The standard InChI is InChI=1S/C12H24N2O3S/c1-14(7-3-6-13)12(15)5-9-18(16)10-11-4-2-8-17-11/h11H,2-10,13H2,1H3. The molecule has 2 atom stereocenters. The number of nitrogens with zero attached hydrogens (tertiary/aromatic N) is 1. The third-order valence-electron chi connectivity index (χ3n) is 3.06. The first-order valence-corrected chi connectivity index (χ1v) is 8.03. The number of rotatable bonds is 8. The van der Waals surface area contributed by atoms with Crippen molar-refractivity contribution in [3.63, 3.8) is 0 Å². The maximum absolute atomic E-state index is 11.8. The Hall–Kier alpha value is -0.460. The van der Waals surface area contributed by atoms with Gasteiger partial charge in [-0.25, -0.2) is 0 Å². The number of carbonyl (C=O) groups excluding carboxylic acids is 1. The molecule has 0 aliphatic carbocycles. The van der Waals surface area contributed by atoms with Gasteiger partial charge < -0.3 is 15.4 Å². The van der Waals surface area contributed by atoms with Crippen LogP contribution in [-0.4, -0.2) is 59.4 Å². The van der Waals surface area contributed by atoms with E-state index < -0.39 is 10.8 Å². The van der Waals surface area contributed by atoms with Crippen LogP contribution < -0.4 is 5.73 Å². The Bertz CT molecular complexity index is 280. The summed E-state index contributed by atoms with van der Waals surface area (Å²) in [6.07, 6.45) is 3.34. The second kappa shape index (κ2) is 8.61. The van der Waals surface area contributed by atoms with Crippen molar-refractivity contribution in [2.45, 2.75) is 31.8 Å². The van der Waals surface area contributed by atoms with Gasteiger partial charge in [0.05, 0.1) is 6.10 Å². The van der Waals surface area contributed by atoms with Crippen LogP contribution in [-0.2, 0) is 20.3 Å². The lowest BCUT2D eigenvalue weighted by atomic mass is 10.3. The third kappa shape index (κ3) is 5.93. The molecule has 1 amide bonds. The van der Waals surface area contributed by atoms with E-state index in [-0.39, 0.29) is 12.0 Å². The molecule has 18 heavy (non-hydrogen) atoms. The molecule has 1 aliphatic rings. The second-order valence-corrected chi connectivity index (χ2v) is 6.27. The SMILES string of the molecule is CN(CCCN)C(=O)CCS(=O)CC1CCCO1. The molecule has 1 aliphatic heterocycles. The Morgan fingerprint density at radius 1 is 1.56 bits per heavy atom. The maximum atomic E-state index is 11.8. The van der Waals surface area contributed by atoms with Crippen LogP contribution in [0.15, 0.2) is 0 Å². The second-order valence-electron chi connectivity index (χ2n) is 4.65. The topological polar surface area (TPSA) is 72.6 Å². The summed E-state index contributed by atoms with van der Waals surface area (Å²) in [7, 11) is 0.815. The fourth-order valence-corrected chi connectivity index (χ4v) is 3.16. The van der Waals surface area contributed by atoms with Crippen LogP contribution in [0.1, 0.15) is 25.7 Å². The van der Waals surface area contributed by atoms with Crippen molar-refractivity contribution in [3.05, 3.63) is 0 Å². The highest BCUT2D eigenvalue weighted by Crippen LogP contribution is 2.13. The van der Waals surface area contributed by atoms with Gasteiger partial charge in [0, 0.05) is 48.9 Å². The Morgan fingerprint density at radius 2 is 2.33 bits per heavy atom. The molecule has 0 saturated carbocycles. The Morgan fingerprint density at radius 3 is 2.94 bits per heavy atom. The molecule has 0 aromatic heterocycles. The van der Waals surface area contributed by atoms with E-state index in [1.807, 2.05) is 0 Å². The summed E-state index contributed by atoms with van der Waals surface area (Å²) in [6.45, 7) is 2.04. The van der Waals surface area contributed by atoms with Crippen molar-refractivity contribution in [1.29, 1.82) is 0 Å². The quantitative estimate of drug-likeness (QED) is 0.683. The lowest BCUT2D eigenvalue weighted by Crippen LogP contribution is -2.30. The number of carbonyl (C=O) groups is 1.